The number of anilines is 2. The predicted molar refractivity (Wildman–Crippen MR) is 123 cm³/mol. The van der Waals surface area contributed by atoms with Crippen LogP contribution in [0, 0.1) is 17.6 Å². The van der Waals surface area contributed by atoms with Gasteiger partial charge in [0.2, 0.25) is 5.95 Å². The van der Waals surface area contributed by atoms with Gasteiger partial charge in [-0.05, 0) is 18.2 Å². The largest absolute Gasteiger partial charge is 0.379 e. The fourth-order valence-electron chi connectivity index (χ4n) is 4.22. The van der Waals surface area contributed by atoms with E-state index in [9.17, 15) is 14.0 Å². The first-order valence-corrected chi connectivity index (χ1v) is 11.2. The molecule has 4 heterocycles. The number of thioether (sulfide) groups is 1. The number of benzene rings is 1. The van der Waals surface area contributed by atoms with Crippen LogP contribution in [0.3, 0.4) is 0 Å². The van der Waals surface area contributed by atoms with Gasteiger partial charge < -0.3 is 20.9 Å². The molecule has 1 fully saturated rings. The van der Waals surface area contributed by atoms with E-state index >= 15 is 4.39 Å². The molecule has 1 amide bonds. The molecule has 174 valence electrons. The summed E-state index contributed by atoms with van der Waals surface area (Å²) in [6.45, 7) is 0.688. The Morgan fingerprint density at radius 3 is 2.76 bits per heavy atom. The number of aliphatic imine (C=N–C) groups is 1. The zero-order valence-corrected chi connectivity index (χ0v) is 18.4. The van der Waals surface area contributed by atoms with E-state index in [4.69, 9.17) is 5.73 Å². The standard InChI is InChI=1S/C21H18F2N8O2S/c22-12-4-27-20(28-5-12)31-8-11-9-34-19(24)30-21(11,10-31)14-3-13(1-2-15(14)23)29-18(33)16-6-26-17(32)7-25-16/h1-7,11H,8-10H2,(H2,24,30)(H,26,32)(H,29,33)/t11-,21-/m0/s1. The average Bonchev–Trinajstić information content (AvgIpc) is 3.20. The van der Waals surface area contributed by atoms with E-state index in [1.807, 2.05) is 4.90 Å². The van der Waals surface area contributed by atoms with Crippen LogP contribution in [-0.4, -0.2) is 49.9 Å². The molecule has 2 aliphatic heterocycles. The summed E-state index contributed by atoms with van der Waals surface area (Å²) in [6.07, 6.45) is 4.34. The highest BCUT2D eigenvalue weighted by molar-refractivity contribution is 8.13. The van der Waals surface area contributed by atoms with Crippen molar-refractivity contribution in [2.45, 2.75) is 5.54 Å². The van der Waals surface area contributed by atoms with Crippen LogP contribution in [0.2, 0.25) is 0 Å². The van der Waals surface area contributed by atoms with E-state index in [0.29, 0.717) is 29.1 Å². The zero-order chi connectivity index (χ0) is 23.9. The maximum atomic E-state index is 15.2. The van der Waals surface area contributed by atoms with E-state index in [0.717, 1.165) is 18.6 Å². The maximum absolute atomic E-state index is 15.2. The van der Waals surface area contributed by atoms with E-state index < -0.39 is 28.6 Å². The number of hydrogen-bond donors (Lipinski definition) is 3. The molecule has 4 N–H and O–H groups in total. The van der Waals surface area contributed by atoms with Crippen LogP contribution < -0.4 is 21.5 Å². The number of carbonyl (C=O) groups is 1. The van der Waals surface area contributed by atoms with Gasteiger partial charge in [0.25, 0.3) is 11.5 Å². The molecule has 2 atom stereocenters. The molecule has 0 bridgehead atoms. The molecule has 5 rings (SSSR count). The van der Waals surface area contributed by atoms with Gasteiger partial charge in [-0.25, -0.2) is 28.7 Å². The first kappa shape index (κ1) is 21.9. The minimum Gasteiger partial charge on any atom is -0.379 e. The van der Waals surface area contributed by atoms with Gasteiger partial charge in [-0.3, -0.25) is 9.59 Å². The molecule has 34 heavy (non-hydrogen) atoms. The molecule has 10 nitrogen and oxygen atoms in total. The second-order valence-corrected chi connectivity index (χ2v) is 8.95. The number of halogens is 2. The van der Waals surface area contributed by atoms with Gasteiger partial charge in [-0.1, -0.05) is 11.8 Å². The molecular weight excluding hydrogens is 466 g/mol. The second-order valence-electron chi connectivity index (χ2n) is 7.91. The van der Waals surface area contributed by atoms with Crippen molar-refractivity contribution in [2.24, 2.45) is 16.6 Å². The molecule has 0 unspecified atom stereocenters. The lowest BCUT2D eigenvalue weighted by Crippen LogP contribution is -2.40. The summed E-state index contributed by atoms with van der Waals surface area (Å²) < 4.78 is 28.5. The fourth-order valence-corrected chi connectivity index (χ4v) is 5.20. The molecular formula is C21H18F2N8O2S. The minimum absolute atomic E-state index is 0.00153. The predicted octanol–water partition coefficient (Wildman–Crippen LogP) is 1.48. The van der Waals surface area contributed by atoms with Crippen LogP contribution in [-0.2, 0) is 5.54 Å². The van der Waals surface area contributed by atoms with Crippen molar-refractivity contribution in [2.75, 3.05) is 29.1 Å². The van der Waals surface area contributed by atoms with Gasteiger partial charge in [-0.2, -0.15) is 0 Å². The summed E-state index contributed by atoms with van der Waals surface area (Å²) in [7, 11) is 0. The molecule has 2 aromatic heterocycles. The number of carbonyl (C=O) groups excluding carboxylic acids is 1. The number of nitrogens with zero attached hydrogens (tertiary/aromatic N) is 5. The molecule has 13 heteroatoms. The van der Waals surface area contributed by atoms with Gasteiger partial charge in [0.05, 0.1) is 25.1 Å². The molecule has 0 spiro atoms. The summed E-state index contributed by atoms with van der Waals surface area (Å²) in [6, 6.07) is 4.20. The third-order valence-corrected chi connectivity index (χ3v) is 6.73. The van der Waals surface area contributed by atoms with E-state index in [1.54, 1.807) is 0 Å². The number of rotatable bonds is 4. The van der Waals surface area contributed by atoms with Crippen molar-refractivity contribution < 1.29 is 13.6 Å². The lowest BCUT2D eigenvalue weighted by atomic mass is 9.81. The topological polar surface area (TPSA) is 142 Å². The van der Waals surface area contributed by atoms with Crippen LogP contribution in [0.15, 0.2) is 52.8 Å². The molecule has 0 saturated carbocycles. The normalized spacial score (nSPS) is 21.6. The SMILES string of the molecule is NC1=N[C@@]2(c3cc(NC(=O)c4c[nH]c(=O)cn4)ccc3F)CN(c3ncc(F)cn3)C[C@H]2CS1. The third-order valence-electron chi connectivity index (χ3n) is 5.78. The van der Waals surface area contributed by atoms with Gasteiger partial charge in [0, 0.05) is 35.7 Å². The van der Waals surface area contributed by atoms with Crippen molar-refractivity contribution in [1.29, 1.82) is 0 Å². The fraction of sp³-hybridized carbons (Fsp3) is 0.238. The number of nitrogens with two attached hydrogens (primary N) is 1. The zero-order valence-electron chi connectivity index (χ0n) is 17.5. The Bertz CT molecular complexity index is 1330. The Kier molecular flexibility index (Phi) is 5.48. The minimum atomic E-state index is -1.05. The van der Waals surface area contributed by atoms with Crippen molar-refractivity contribution in [1.82, 2.24) is 19.9 Å². The van der Waals surface area contributed by atoms with Crippen molar-refractivity contribution in [3.05, 3.63) is 76.2 Å². The quantitative estimate of drug-likeness (QED) is 0.506. The Hall–Kier alpha value is -3.87. The first-order valence-electron chi connectivity index (χ1n) is 10.2. The summed E-state index contributed by atoms with van der Waals surface area (Å²) in [5.74, 6) is -0.875. The number of aromatic nitrogens is 4. The Balaban J connectivity index is 1.50. The van der Waals surface area contributed by atoms with Crippen LogP contribution >= 0.6 is 11.8 Å². The highest BCUT2D eigenvalue weighted by Gasteiger charge is 2.52. The summed E-state index contributed by atoms with van der Waals surface area (Å²) >= 11 is 1.38. The number of aromatic amines is 1. The smallest absolute Gasteiger partial charge is 0.275 e. The number of nitrogens with one attached hydrogen (secondary N) is 2. The van der Waals surface area contributed by atoms with Crippen molar-refractivity contribution in [3.8, 4) is 0 Å². The summed E-state index contributed by atoms with van der Waals surface area (Å²) in [5, 5.41) is 2.99. The number of amidine groups is 1. The summed E-state index contributed by atoms with van der Waals surface area (Å²) in [5.41, 5.74) is 5.16. The Labute approximate surface area is 195 Å². The molecule has 0 radical (unpaired) electrons. The van der Waals surface area contributed by atoms with Crippen LogP contribution in [0.1, 0.15) is 16.1 Å². The summed E-state index contributed by atoms with van der Waals surface area (Å²) in [4.78, 5) is 44.5. The second kappa shape index (κ2) is 8.48. The van der Waals surface area contributed by atoms with E-state index in [2.05, 4.69) is 30.2 Å². The van der Waals surface area contributed by atoms with Gasteiger partial charge in [-0.15, -0.1) is 0 Å². The highest BCUT2D eigenvalue weighted by atomic mass is 32.2. The lowest BCUT2D eigenvalue weighted by Gasteiger charge is -2.35. The molecule has 2 aliphatic rings. The van der Waals surface area contributed by atoms with Gasteiger partial charge >= 0.3 is 0 Å². The molecule has 1 aromatic carbocycles. The van der Waals surface area contributed by atoms with E-state index in [-0.39, 0.29) is 23.7 Å². The first-order chi connectivity index (χ1) is 16.3. The Morgan fingerprint density at radius 2 is 2.03 bits per heavy atom. The molecule has 0 aliphatic carbocycles. The number of fused-ring (bicyclic) bond motifs is 1. The van der Waals surface area contributed by atoms with Gasteiger partial charge in [0.1, 0.15) is 17.1 Å². The third kappa shape index (κ3) is 3.98. The highest BCUT2D eigenvalue weighted by Crippen LogP contribution is 2.47. The maximum Gasteiger partial charge on any atom is 0.275 e. The number of H-pyrrole nitrogens is 1. The average molecular weight is 484 g/mol. The number of hydrogen-bond acceptors (Lipinski definition) is 9. The van der Waals surface area contributed by atoms with Crippen molar-refractivity contribution in [3.63, 3.8) is 0 Å². The Morgan fingerprint density at radius 1 is 1.24 bits per heavy atom. The molecule has 1 saturated heterocycles. The van der Waals surface area contributed by atoms with Gasteiger partial charge in [0.15, 0.2) is 11.0 Å². The monoisotopic (exact) mass is 484 g/mol. The van der Waals surface area contributed by atoms with Crippen LogP contribution in [0.5, 0.6) is 0 Å². The van der Waals surface area contributed by atoms with Crippen LogP contribution in [0.4, 0.5) is 20.4 Å². The lowest BCUT2D eigenvalue weighted by molar-refractivity contribution is 0.102. The van der Waals surface area contributed by atoms with Crippen molar-refractivity contribution >= 4 is 34.5 Å². The van der Waals surface area contributed by atoms with E-state index in [1.165, 1.54) is 36.2 Å². The number of amides is 1. The van der Waals surface area contributed by atoms with Crippen LogP contribution in [0.25, 0.3) is 0 Å². The molecule has 3 aromatic rings.